The molecule has 19 heavy (non-hydrogen) atoms. The van der Waals surface area contributed by atoms with Crippen LogP contribution < -0.4 is 29.6 Å². The molecule has 6 heteroatoms. The van der Waals surface area contributed by atoms with Crippen LogP contribution in [-0.4, -0.2) is 29.9 Å². The molecule has 0 radical (unpaired) electrons. The second-order valence-electron chi connectivity index (χ2n) is 6.85. The fourth-order valence-corrected chi connectivity index (χ4v) is 5.66. The van der Waals surface area contributed by atoms with Gasteiger partial charge >= 0.3 is 29.6 Å². The third-order valence-corrected chi connectivity index (χ3v) is 6.17. The number of hydrogen-bond donors (Lipinski definition) is 1. The molecule has 1 unspecified atom stereocenters. The van der Waals surface area contributed by atoms with Gasteiger partial charge in [0.1, 0.15) is 0 Å². The number of aliphatic hydroxyl groups is 1. The van der Waals surface area contributed by atoms with Crippen molar-refractivity contribution in [1.82, 2.24) is 0 Å². The summed E-state index contributed by atoms with van der Waals surface area (Å²) in [5.74, 6) is 1.77. The molecule has 4 rings (SSSR count). The normalized spacial score (nSPS) is 41.9. The van der Waals surface area contributed by atoms with E-state index in [9.17, 15) is 18.1 Å². The van der Waals surface area contributed by atoms with Crippen LogP contribution in [-0.2, 0) is 10.1 Å². The van der Waals surface area contributed by atoms with Gasteiger partial charge in [0.05, 0.1) is 16.2 Å². The Morgan fingerprint density at radius 2 is 1.53 bits per heavy atom. The Morgan fingerprint density at radius 1 is 1.11 bits per heavy atom. The minimum Gasteiger partial charge on any atom is -0.748 e. The van der Waals surface area contributed by atoms with E-state index in [0.29, 0.717) is 0 Å². The van der Waals surface area contributed by atoms with Gasteiger partial charge < -0.3 is 9.66 Å². The molecule has 0 spiro atoms. The summed E-state index contributed by atoms with van der Waals surface area (Å²) in [6.07, 6.45) is 6.54. The van der Waals surface area contributed by atoms with Crippen molar-refractivity contribution in [2.45, 2.75) is 51.0 Å². The fraction of sp³-hybridized carbons (Fsp3) is 1.00. The molecular formula is C13H21NaO4S. The molecule has 0 heterocycles. The molecule has 0 amide bonds. The standard InChI is InChI=1S/C13H22O4S.Na/c14-12(1-2-18(15,16)17)13-6-9-3-10(7-13)5-11(4-9)8-13;/h9-12,14H,1-8H2,(H,15,16,17);/q;+1/p-1. The summed E-state index contributed by atoms with van der Waals surface area (Å²) < 4.78 is 32.1. The van der Waals surface area contributed by atoms with E-state index in [-0.39, 0.29) is 41.4 Å². The van der Waals surface area contributed by atoms with E-state index in [1.807, 2.05) is 0 Å². The molecular weight excluding hydrogens is 275 g/mol. The average molecular weight is 296 g/mol. The number of rotatable bonds is 4. The maximum absolute atomic E-state index is 10.7. The van der Waals surface area contributed by atoms with Crippen molar-refractivity contribution in [2.75, 3.05) is 5.75 Å². The van der Waals surface area contributed by atoms with E-state index in [2.05, 4.69) is 0 Å². The Morgan fingerprint density at radius 3 is 1.89 bits per heavy atom. The Bertz CT molecular complexity index is 399. The van der Waals surface area contributed by atoms with Crippen molar-refractivity contribution in [3.8, 4) is 0 Å². The van der Waals surface area contributed by atoms with E-state index in [4.69, 9.17) is 0 Å². The molecule has 4 saturated carbocycles. The average Bonchev–Trinajstić information content (AvgIpc) is 2.22. The zero-order chi connectivity index (χ0) is 13.0. The van der Waals surface area contributed by atoms with Gasteiger partial charge in [-0.05, 0) is 68.1 Å². The molecule has 104 valence electrons. The van der Waals surface area contributed by atoms with Crippen LogP contribution in [0.3, 0.4) is 0 Å². The molecule has 0 aromatic heterocycles. The molecule has 4 aliphatic carbocycles. The van der Waals surface area contributed by atoms with Gasteiger partial charge in [-0.1, -0.05) is 0 Å². The molecule has 0 saturated heterocycles. The van der Waals surface area contributed by atoms with Crippen LogP contribution >= 0.6 is 0 Å². The molecule has 4 fully saturated rings. The fourth-order valence-electron chi connectivity index (χ4n) is 5.15. The molecule has 4 bridgehead atoms. The molecule has 4 nitrogen and oxygen atoms in total. The van der Waals surface area contributed by atoms with Crippen molar-refractivity contribution in [3.63, 3.8) is 0 Å². The van der Waals surface area contributed by atoms with Gasteiger partial charge in [0, 0.05) is 5.75 Å². The van der Waals surface area contributed by atoms with Crippen molar-refractivity contribution in [3.05, 3.63) is 0 Å². The zero-order valence-electron chi connectivity index (χ0n) is 11.5. The predicted octanol–water partition coefficient (Wildman–Crippen LogP) is -1.50. The third kappa shape index (κ3) is 3.38. The Kier molecular flexibility index (Phi) is 4.77. The maximum atomic E-state index is 10.7. The van der Waals surface area contributed by atoms with Crippen LogP contribution in [0.15, 0.2) is 0 Å². The molecule has 1 N–H and O–H groups in total. The largest absolute Gasteiger partial charge is 1.00 e. The summed E-state index contributed by atoms with van der Waals surface area (Å²) >= 11 is 0. The van der Waals surface area contributed by atoms with Gasteiger partial charge in [0.2, 0.25) is 0 Å². The summed E-state index contributed by atoms with van der Waals surface area (Å²) in [5.41, 5.74) is -0.0700. The minimum absolute atomic E-state index is 0. The van der Waals surface area contributed by atoms with E-state index < -0.39 is 22.0 Å². The van der Waals surface area contributed by atoms with Crippen LogP contribution in [0.4, 0.5) is 0 Å². The Balaban J connectivity index is 0.00000133. The van der Waals surface area contributed by atoms with E-state index in [1.165, 1.54) is 19.3 Å². The van der Waals surface area contributed by atoms with Gasteiger partial charge in [-0.3, -0.25) is 0 Å². The first-order valence-corrected chi connectivity index (χ1v) is 8.56. The van der Waals surface area contributed by atoms with Crippen LogP contribution in [0.25, 0.3) is 0 Å². The van der Waals surface area contributed by atoms with Crippen molar-refractivity contribution >= 4 is 10.1 Å². The predicted molar refractivity (Wildman–Crippen MR) is 65.8 cm³/mol. The first kappa shape index (κ1) is 16.2. The van der Waals surface area contributed by atoms with Crippen LogP contribution in [0.2, 0.25) is 0 Å². The smallest absolute Gasteiger partial charge is 0.748 e. The number of aliphatic hydroxyl groups excluding tert-OH is 1. The van der Waals surface area contributed by atoms with Gasteiger partial charge in [0.25, 0.3) is 0 Å². The van der Waals surface area contributed by atoms with Gasteiger partial charge in [-0.2, -0.15) is 0 Å². The second-order valence-corrected chi connectivity index (χ2v) is 8.37. The van der Waals surface area contributed by atoms with Crippen LogP contribution in [0, 0.1) is 23.2 Å². The van der Waals surface area contributed by atoms with E-state index in [1.54, 1.807) is 0 Å². The van der Waals surface area contributed by atoms with E-state index in [0.717, 1.165) is 37.0 Å². The summed E-state index contributed by atoms with van der Waals surface area (Å²) in [6.45, 7) is 0. The van der Waals surface area contributed by atoms with Crippen molar-refractivity contribution < 1.29 is 47.6 Å². The Hall–Kier alpha value is 0.870. The minimum atomic E-state index is -4.20. The summed E-state index contributed by atoms with van der Waals surface area (Å²) in [7, 11) is -4.20. The first-order chi connectivity index (χ1) is 8.36. The monoisotopic (exact) mass is 296 g/mol. The maximum Gasteiger partial charge on any atom is 1.00 e. The quantitative estimate of drug-likeness (QED) is 0.506. The van der Waals surface area contributed by atoms with Crippen molar-refractivity contribution in [1.29, 1.82) is 0 Å². The van der Waals surface area contributed by atoms with Gasteiger partial charge in [-0.15, -0.1) is 0 Å². The Labute approximate surface area is 137 Å². The molecule has 0 aliphatic heterocycles. The zero-order valence-corrected chi connectivity index (χ0v) is 14.4. The molecule has 4 aliphatic rings. The summed E-state index contributed by atoms with van der Waals surface area (Å²) in [5, 5.41) is 10.4. The SMILES string of the molecule is O=S(=O)([O-])CCC(O)C12CC3CC(CC(C3)C1)C2.[Na+]. The van der Waals surface area contributed by atoms with Crippen LogP contribution in [0.1, 0.15) is 44.9 Å². The summed E-state index contributed by atoms with van der Waals surface area (Å²) in [4.78, 5) is 0. The topological polar surface area (TPSA) is 77.4 Å². The van der Waals surface area contributed by atoms with E-state index >= 15 is 0 Å². The molecule has 0 aromatic rings. The molecule has 1 atom stereocenters. The summed E-state index contributed by atoms with van der Waals surface area (Å²) in [6, 6.07) is 0. The van der Waals surface area contributed by atoms with Gasteiger partial charge in [-0.25, -0.2) is 8.42 Å². The third-order valence-electron chi connectivity index (χ3n) is 5.43. The van der Waals surface area contributed by atoms with Gasteiger partial charge in [0.15, 0.2) is 0 Å². The second kappa shape index (κ2) is 5.58. The van der Waals surface area contributed by atoms with Crippen LogP contribution in [0.5, 0.6) is 0 Å². The first-order valence-electron chi connectivity index (χ1n) is 6.98. The number of hydrogen-bond acceptors (Lipinski definition) is 4. The van der Waals surface area contributed by atoms with Crippen molar-refractivity contribution in [2.24, 2.45) is 23.2 Å². The molecule has 0 aromatic carbocycles.